The molecule has 0 aliphatic heterocycles. The molecule has 0 amide bonds. The van der Waals surface area contributed by atoms with Crippen LogP contribution in [0, 0.1) is 0 Å². The van der Waals surface area contributed by atoms with E-state index in [2.05, 4.69) is 10.9 Å². The van der Waals surface area contributed by atoms with E-state index >= 15 is 0 Å². The van der Waals surface area contributed by atoms with Gasteiger partial charge in [0.05, 0.1) is 13.2 Å². The Morgan fingerprint density at radius 3 is 2.00 bits per heavy atom. The molecule has 9 heteroatoms. The van der Waals surface area contributed by atoms with Crippen LogP contribution in [-0.2, 0) is 11.3 Å². The third kappa shape index (κ3) is 24.5. The highest BCUT2D eigenvalue weighted by Gasteiger charge is 1.85. The van der Waals surface area contributed by atoms with Gasteiger partial charge in [-0.15, -0.1) is 0 Å². The first-order valence-corrected chi connectivity index (χ1v) is 4.54. The third-order valence-corrected chi connectivity index (χ3v) is 0.971. The summed E-state index contributed by atoms with van der Waals surface area (Å²) in [5, 5.41) is 16.0. The minimum Gasteiger partial charge on any atom is -0.395 e. The van der Waals surface area contributed by atoms with Crippen LogP contribution in [0.2, 0.25) is 0 Å². The molecule has 0 aromatic rings. The maximum Gasteiger partial charge on any atom is 0.245 e. The molecular formula is C4H16N4O4S. The summed E-state index contributed by atoms with van der Waals surface area (Å²) in [5.74, 6) is 4.73. The molecule has 0 aromatic carbocycles. The average Bonchev–Trinajstić information content (AvgIpc) is 2.07. The number of hydrogen-bond donors (Lipinski definition) is 7. The molecule has 8 N–H and O–H groups in total. The molecule has 82 valence electrons. The Hall–Kier alpha value is -0.130. The predicted octanol–water partition coefficient (Wildman–Crippen LogP) is -3.35. The van der Waals surface area contributed by atoms with Gasteiger partial charge in [0, 0.05) is 13.1 Å². The number of hydrazine groups is 2. The van der Waals surface area contributed by atoms with Crippen molar-refractivity contribution in [1.82, 2.24) is 15.7 Å². The highest BCUT2D eigenvalue weighted by atomic mass is 32.2. The molecule has 1 unspecified atom stereocenters. The molecule has 0 aliphatic carbocycles. The molecule has 0 radical (unpaired) electrons. The maximum absolute atomic E-state index is 9.73. The van der Waals surface area contributed by atoms with Gasteiger partial charge in [-0.3, -0.25) is 15.8 Å². The zero-order valence-corrected chi connectivity index (χ0v) is 7.88. The van der Waals surface area contributed by atoms with E-state index in [-0.39, 0.29) is 19.8 Å². The lowest BCUT2D eigenvalue weighted by Crippen LogP contribution is -2.34. The number of nitrogens with one attached hydrogen (secondary N) is 3. The van der Waals surface area contributed by atoms with Crippen LogP contribution in [-0.4, -0.2) is 45.3 Å². The maximum atomic E-state index is 9.73. The number of aliphatic hydroxyl groups excluding tert-OH is 2. The largest absolute Gasteiger partial charge is 0.395 e. The molecular weight excluding hydrogens is 200 g/mol. The molecule has 1 atom stereocenters. The topological polar surface area (TPSA) is 140 Å². The first kappa shape index (κ1) is 15.3. The van der Waals surface area contributed by atoms with Crippen LogP contribution < -0.4 is 21.5 Å². The fourth-order valence-corrected chi connectivity index (χ4v) is 0.459. The van der Waals surface area contributed by atoms with Gasteiger partial charge in [0.15, 0.2) is 0 Å². The minimum absolute atomic E-state index is 0.0653. The second-order valence-electron chi connectivity index (χ2n) is 1.68. The zero-order valence-electron chi connectivity index (χ0n) is 7.06. The zero-order chi connectivity index (χ0) is 10.5. The number of hydrogen-bond acceptors (Lipinski definition) is 6. The molecule has 8 nitrogen and oxygen atoms in total. The smallest absolute Gasteiger partial charge is 0.245 e. The highest BCUT2D eigenvalue weighted by Crippen LogP contribution is 1.54. The second kappa shape index (κ2) is 14.4. The molecule has 0 aromatic heterocycles. The highest BCUT2D eigenvalue weighted by molar-refractivity contribution is 7.77. The van der Waals surface area contributed by atoms with Gasteiger partial charge in [-0.1, -0.05) is 0 Å². The molecule has 13 heavy (non-hydrogen) atoms. The normalized spacial score (nSPS) is 11.7. The Morgan fingerprint density at radius 1 is 1.23 bits per heavy atom. The summed E-state index contributed by atoms with van der Waals surface area (Å²) in [5.41, 5.74) is 4.55. The van der Waals surface area contributed by atoms with Crippen LogP contribution in [0.5, 0.6) is 0 Å². The number of rotatable bonds is 6. The lowest BCUT2D eigenvalue weighted by molar-refractivity contribution is 0.289. The van der Waals surface area contributed by atoms with E-state index in [4.69, 9.17) is 20.6 Å². The van der Waals surface area contributed by atoms with E-state index in [0.29, 0.717) is 6.54 Å². The van der Waals surface area contributed by atoms with Crippen LogP contribution in [0.15, 0.2) is 0 Å². The Bertz CT molecular complexity index is 114. The van der Waals surface area contributed by atoms with E-state index in [1.807, 2.05) is 4.83 Å². The van der Waals surface area contributed by atoms with Gasteiger partial charge in [-0.25, -0.2) is 9.63 Å². The molecule has 0 bridgehead atoms. The van der Waals surface area contributed by atoms with Crippen molar-refractivity contribution in [3.63, 3.8) is 0 Å². The fourth-order valence-electron chi connectivity index (χ4n) is 0.233. The van der Waals surface area contributed by atoms with Crippen molar-refractivity contribution in [2.75, 3.05) is 26.3 Å². The fraction of sp³-hybridized carbons (Fsp3) is 1.00. The predicted molar refractivity (Wildman–Crippen MR) is 48.3 cm³/mol. The van der Waals surface area contributed by atoms with E-state index < -0.39 is 11.3 Å². The summed E-state index contributed by atoms with van der Waals surface area (Å²) in [7, 11) is 0. The van der Waals surface area contributed by atoms with Gasteiger partial charge in [-0.05, 0) is 0 Å². The lowest BCUT2D eigenvalue weighted by Gasteiger charge is -1.96. The first-order valence-electron chi connectivity index (χ1n) is 3.43. The lowest BCUT2D eigenvalue weighted by atomic mass is 10.7. The molecule has 0 heterocycles. The van der Waals surface area contributed by atoms with Crippen molar-refractivity contribution in [1.29, 1.82) is 0 Å². The molecule has 0 saturated carbocycles. The Balaban J connectivity index is 0. The van der Waals surface area contributed by atoms with Crippen molar-refractivity contribution in [2.45, 2.75) is 0 Å². The van der Waals surface area contributed by atoms with Crippen molar-refractivity contribution in [3.05, 3.63) is 0 Å². The number of nitrogens with two attached hydrogens (primary N) is 1. The average molecular weight is 216 g/mol. The van der Waals surface area contributed by atoms with Crippen LogP contribution in [0.1, 0.15) is 0 Å². The molecule has 0 fully saturated rings. The SMILES string of the molecule is NNCCO.O=S(O)NNCCO. The van der Waals surface area contributed by atoms with Crippen LogP contribution in [0.25, 0.3) is 0 Å². The van der Waals surface area contributed by atoms with Gasteiger partial charge in [0.2, 0.25) is 11.3 Å². The Morgan fingerprint density at radius 2 is 1.77 bits per heavy atom. The van der Waals surface area contributed by atoms with E-state index in [0.717, 1.165) is 0 Å². The van der Waals surface area contributed by atoms with Gasteiger partial charge in [-0.2, -0.15) is 4.83 Å². The van der Waals surface area contributed by atoms with Gasteiger partial charge < -0.3 is 10.2 Å². The van der Waals surface area contributed by atoms with Crippen LogP contribution in [0.4, 0.5) is 0 Å². The minimum atomic E-state index is -2.04. The van der Waals surface area contributed by atoms with Crippen molar-refractivity contribution in [2.24, 2.45) is 5.84 Å². The molecule has 0 rings (SSSR count). The van der Waals surface area contributed by atoms with Gasteiger partial charge in [0.25, 0.3) is 0 Å². The van der Waals surface area contributed by atoms with Gasteiger partial charge in [0.1, 0.15) is 0 Å². The van der Waals surface area contributed by atoms with E-state index in [1.54, 1.807) is 0 Å². The summed E-state index contributed by atoms with van der Waals surface area (Å²) < 4.78 is 17.7. The standard InChI is InChI=1S/C2H8N2O3S.C2H8N2O/c5-2-1-3-4-8(6)7;3-4-1-2-5/h3-5H,1-2H2,(H,6,7);4-5H,1-3H2. The summed E-state index contributed by atoms with van der Waals surface area (Å²) in [6, 6.07) is 0. The molecule has 0 aliphatic rings. The first-order chi connectivity index (χ1) is 6.18. The Labute approximate surface area is 78.9 Å². The summed E-state index contributed by atoms with van der Waals surface area (Å²) in [6.07, 6.45) is 0. The van der Waals surface area contributed by atoms with E-state index in [1.165, 1.54) is 0 Å². The summed E-state index contributed by atoms with van der Waals surface area (Å²) >= 11 is -2.04. The van der Waals surface area contributed by atoms with Crippen LogP contribution >= 0.6 is 0 Å². The molecule has 0 saturated heterocycles. The van der Waals surface area contributed by atoms with Gasteiger partial charge >= 0.3 is 0 Å². The second-order valence-corrected chi connectivity index (χ2v) is 2.38. The Kier molecular flexibility index (Phi) is 17.0. The summed E-state index contributed by atoms with van der Waals surface area (Å²) in [6.45, 7) is 0.771. The van der Waals surface area contributed by atoms with Crippen molar-refractivity contribution >= 4 is 11.3 Å². The number of aliphatic hydroxyl groups is 2. The third-order valence-electron chi connectivity index (χ3n) is 0.652. The van der Waals surface area contributed by atoms with Crippen molar-refractivity contribution in [3.8, 4) is 0 Å². The van der Waals surface area contributed by atoms with Crippen molar-refractivity contribution < 1.29 is 19.0 Å². The molecule has 0 spiro atoms. The van der Waals surface area contributed by atoms with Crippen LogP contribution in [0.3, 0.4) is 0 Å². The monoisotopic (exact) mass is 216 g/mol. The van der Waals surface area contributed by atoms with E-state index in [9.17, 15) is 4.21 Å². The summed E-state index contributed by atoms with van der Waals surface area (Å²) in [4.78, 5) is 1.96. The quantitative estimate of drug-likeness (QED) is 0.106.